The molecule has 0 aliphatic carbocycles. The smallest absolute Gasteiger partial charge is 0.355 e. The van der Waals surface area contributed by atoms with Gasteiger partial charge in [-0.15, -0.1) is 0 Å². The van der Waals surface area contributed by atoms with Gasteiger partial charge >= 0.3 is 6.18 Å². The lowest BCUT2D eigenvalue weighted by molar-refractivity contribution is -0.137. The second-order valence-corrected chi connectivity index (χ2v) is 8.27. The molecule has 0 unspecified atom stereocenters. The summed E-state index contributed by atoms with van der Waals surface area (Å²) in [4.78, 5) is 8.33. The molecule has 1 saturated heterocycles. The molecule has 0 amide bonds. The highest BCUT2D eigenvalue weighted by Crippen LogP contribution is 2.29. The Balaban J connectivity index is 1.40. The van der Waals surface area contributed by atoms with Crippen LogP contribution < -0.4 is 4.90 Å². The molecule has 0 N–H and O–H groups in total. The van der Waals surface area contributed by atoms with Gasteiger partial charge in [0.2, 0.25) is 0 Å². The Morgan fingerprint density at radius 3 is 2.47 bits per heavy atom. The van der Waals surface area contributed by atoms with E-state index in [9.17, 15) is 13.2 Å². The SMILES string of the molecule is Cc1nn(CN2CCCN(c3ccc(C(F)(F)F)cn3)CC2)c(=S)n1Cc1ccccc1. The average Bonchev–Trinajstić information content (AvgIpc) is 2.94. The molecule has 0 spiro atoms. The molecule has 0 radical (unpaired) electrons. The van der Waals surface area contributed by atoms with Crippen LogP contribution in [0.2, 0.25) is 0 Å². The molecule has 3 aromatic rings. The zero-order valence-corrected chi connectivity index (χ0v) is 18.6. The second kappa shape index (κ2) is 9.41. The predicted octanol–water partition coefficient (Wildman–Crippen LogP) is 4.35. The zero-order valence-electron chi connectivity index (χ0n) is 17.8. The van der Waals surface area contributed by atoms with E-state index in [1.54, 1.807) is 0 Å². The van der Waals surface area contributed by atoms with Crippen LogP contribution in [-0.4, -0.2) is 50.4 Å². The minimum atomic E-state index is -4.37. The van der Waals surface area contributed by atoms with E-state index in [-0.39, 0.29) is 0 Å². The van der Waals surface area contributed by atoms with Crippen LogP contribution in [0.1, 0.15) is 23.4 Å². The molecule has 1 aliphatic rings. The molecule has 1 fully saturated rings. The van der Waals surface area contributed by atoms with E-state index in [2.05, 4.69) is 27.1 Å². The van der Waals surface area contributed by atoms with Gasteiger partial charge in [0.1, 0.15) is 11.6 Å². The molecule has 1 aliphatic heterocycles. The van der Waals surface area contributed by atoms with E-state index in [1.807, 2.05) is 39.3 Å². The number of nitrogens with zero attached hydrogens (tertiary/aromatic N) is 6. The third-order valence-corrected chi connectivity index (χ3v) is 6.04. The van der Waals surface area contributed by atoms with Crippen molar-refractivity contribution in [1.29, 1.82) is 0 Å². The topological polar surface area (TPSA) is 42.1 Å². The second-order valence-electron chi connectivity index (χ2n) is 7.90. The number of hydrogen-bond acceptors (Lipinski definition) is 5. The maximum Gasteiger partial charge on any atom is 0.417 e. The summed E-state index contributed by atoms with van der Waals surface area (Å²) in [5, 5.41) is 4.64. The fourth-order valence-electron chi connectivity index (χ4n) is 3.86. The molecule has 0 atom stereocenters. The molecule has 0 saturated carbocycles. The van der Waals surface area contributed by atoms with Gasteiger partial charge in [0.25, 0.3) is 0 Å². The Bertz CT molecular complexity index is 1090. The van der Waals surface area contributed by atoms with Gasteiger partial charge in [0.05, 0.1) is 18.8 Å². The number of benzene rings is 1. The minimum absolute atomic E-state index is 0.569. The van der Waals surface area contributed by atoms with Gasteiger partial charge in [-0.1, -0.05) is 30.3 Å². The van der Waals surface area contributed by atoms with Gasteiger partial charge in [-0.2, -0.15) is 18.3 Å². The van der Waals surface area contributed by atoms with E-state index in [1.165, 1.54) is 11.6 Å². The molecule has 2 aromatic heterocycles. The Morgan fingerprint density at radius 1 is 1.00 bits per heavy atom. The monoisotopic (exact) mass is 462 g/mol. The molecule has 10 heteroatoms. The maximum atomic E-state index is 12.8. The summed E-state index contributed by atoms with van der Waals surface area (Å²) in [6, 6.07) is 12.7. The van der Waals surface area contributed by atoms with Crippen molar-refractivity contribution < 1.29 is 13.2 Å². The summed E-state index contributed by atoms with van der Waals surface area (Å²) < 4.78 is 42.9. The lowest BCUT2D eigenvalue weighted by Gasteiger charge is -2.23. The fourth-order valence-corrected chi connectivity index (χ4v) is 4.16. The van der Waals surface area contributed by atoms with E-state index in [0.717, 1.165) is 44.1 Å². The number of rotatable bonds is 5. The lowest BCUT2D eigenvalue weighted by Crippen LogP contribution is -2.32. The van der Waals surface area contributed by atoms with Gasteiger partial charge in [-0.05, 0) is 43.3 Å². The number of halogens is 3. The highest BCUT2D eigenvalue weighted by atomic mass is 32.1. The van der Waals surface area contributed by atoms with Crippen molar-refractivity contribution in [2.75, 3.05) is 31.1 Å². The summed E-state index contributed by atoms with van der Waals surface area (Å²) in [5.74, 6) is 1.43. The van der Waals surface area contributed by atoms with Gasteiger partial charge in [-0.25, -0.2) is 9.67 Å². The molecule has 3 heterocycles. The molecular weight excluding hydrogens is 437 g/mol. The van der Waals surface area contributed by atoms with Crippen LogP contribution in [0.4, 0.5) is 19.0 Å². The number of aromatic nitrogens is 4. The number of pyridine rings is 1. The van der Waals surface area contributed by atoms with Crippen molar-refractivity contribution in [2.24, 2.45) is 0 Å². The van der Waals surface area contributed by atoms with Crippen LogP contribution in [0.3, 0.4) is 0 Å². The first-order chi connectivity index (χ1) is 15.3. The van der Waals surface area contributed by atoms with Gasteiger partial charge in [0, 0.05) is 32.4 Å². The van der Waals surface area contributed by atoms with Crippen LogP contribution >= 0.6 is 12.2 Å². The van der Waals surface area contributed by atoms with Crippen molar-refractivity contribution in [3.63, 3.8) is 0 Å². The highest BCUT2D eigenvalue weighted by molar-refractivity contribution is 7.71. The van der Waals surface area contributed by atoms with Crippen molar-refractivity contribution in [3.05, 3.63) is 70.4 Å². The average molecular weight is 463 g/mol. The number of anilines is 1. The molecular formula is C22H25F3N6S. The van der Waals surface area contributed by atoms with Crippen molar-refractivity contribution in [2.45, 2.75) is 32.7 Å². The molecule has 170 valence electrons. The number of aryl methyl sites for hydroxylation is 1. The third kappa shape index (κ3) is 5.18. The largest absolute Gasteiger partial charge is 0.417 e. The highest BCUT2D eigenvalue weighted by Gasteiger charge is 2.31. The normalized spacial score (nSPS) is 15.7. The first-order valence-corrected chi connectivity index (χ1v) is 10.9. The van der Waals surface area contributed by atoms with Gasteiger partial charge in [0.15, 0.2) is 4.77 Å². The fraction of sp³-hybridized carbons (Fsp3) is 0.409. The minimum Gasteiger partial charge on any atom is -0.355 e. The first kappa shape index (κ1) is 22.5. The zero-order chi connectivity index (χ0) is 22.7. The quantitative estimate of drug-likeness (QED) is 0.528. The standard InChI is InChI=1S/C22H25F3N6S/c1-17-27-31(21(32)30(17)15-18-6-3-2-4-7-18)16-28-10-5-11-29(13-12-28)20-9-8-19(14-26-20)22(23,24)25/h2-4,6-9,14H,5,10-13,15-16H2,1H3. The van der Waals surface area contributed by atoms with Crippen molar-refractivity contribution in [3.8, 4) is 0 Å². The van der Waals surface area contributed by atoms with Crippen molar-refractivity contribution in [1.82, 2.24) is 24.2 Å². The third-order valence-electron chi connectivity index (χ3n) is 5.61. The molecule has 1 aromatic carbocycles. The Morgan fingerprint density at radius 2 is 1.78 bits per heavy atom. The van der Waals surface area contributed by atoms with Gasteiger partial charge in [-0.3, -0.25) is 9.47 Å². The van der Waals surface area contributed by atoms with E-state index in [0.29, 0.717) is 30.3 Å². The Labute approximate surface area is 189 Å². The lowest BCUT2D eigenvalue weighted by atomic mass is 10.2. The van der Waals surface area contributed by atoms with Crippen LogP contribution in [0, 0.1) is 11.7 Å². The van der Waals surface area contributed by atoms with E-state index in [4.69, 9.17) is 12.2 Å². The van der Waals surface area contributed by atoms with Crippen LogP contribution in [0.5, 0.6) is 0 Å². The van der Waals surface area contributed by atoms with Crippen LogP contribution in [0.25, 0.3) is 0 Å². The summed E-state index contributed by atoms with van der Waals surface area (Å²) in [7, 11) is 0. The molecule has 32 heavy (non-hydrogen) atoms. The molecule has 4 rings (SSSR count). The summed E-state index contributed by atoms with van der Waals surface area (Å²) in [6.45, 7) is 6.22. The summed E-state index contributed by atoms with van der Waals surface area (Å²) in [6.07, 6.45) is -2.60. The van der Waals surface area contributed by atoms with E-state index < -0.39 is 11.7 Å². The molecule has 0 bridgehead atoms. The Hall–Kier alpha value is -2.72. The van der Waals surface area contributed by atoms with Crippen LogP contribution in [0.15, 0.2) is 48.7 Å². The summed E-state index contributed by atoms with van der Waals surface area (Å²) in [5.41, 5.74) is 0.439. The van der Waals surface area contributed by atoms with Crippen LogP contribution in [-0.2, 0) is 19.4 Å². The predicted molar refractivity (Wildman–Crippen MR) is 119 cm³/mol. The maximum absolute atomic E-state index is 12.8. The first-order valence-electron chi connectivity index (χ1n) is 10.5. The number of alkyl halides is 3. The van der Waals surface area contributed by atoms with Crippen molar-refractivity contribution >= 4 is 18.0 Å². The molecule has 6 nitrogen and oxygen atoms in total. The van der Waals surface area contributed by atoms with Gasteiger partial charge < -0.3 is 4.90 Å². The Kier molecular flexibility index (Phi) is 6.61. The number of hydrogen-bond donors (Lipinski definition) is 0. The van der Waals surface area contributed by atoms with E-state index >= 15 is 0 Å². The summed E-state index contributed by atoms with van der Waals surface area (Å²) >= 11 is 5.68.